The summed E-state index contributed by atoms with van der Waals surface area (Å²) in [7, 11) is 0. The molecule has 1 atom stereocenters. The summed E-state index contributed by atoms with van der Waals surface area (Å²) in [5.41, 5.74) is 2.40. The summed E-state index contributed by atoms with van der Waals surface area (Å²) in [4.78, 5) is 0. The normalized spacial score (nSPS) is 13.8. The Balaban J connectivity index is 2.49. The Bertz CT molecular complexity index is 366. The van der Waals surface area contributed by atoms with Gasteiger partial charge in [-0.05, 0) is 54.9 Å². The molecule has 0 aliphatic carbocycles. The summed E-state index contributed by atoms with van der Waals surface area (Å²) in [6.07, 6.45) is 2.89. The largest absolute Gasteiger partial charge is 0.207 e. The molecule has 96 valence electrons. The molecule has 0 N–H and O–H groups in total. The fraction of sp³-hybridized carbons (Fsp3) is 0.600. The minimum absolute atomic E-state index is 0.137. The molecule has 0 aliphatic rings. The second-order valence-electron chi connectivity index (χ2n) is 5.80. The highest BCUT2D eigenvalue weighted by Gasteiger charge is 2.21. The molecule has 0 aromatic heterocycles. The molecule has 0 nitrogen and oxygen atoms in total. The van der Waals surface area contributed by atoms with Crippen molar-refractivity contribution in [3.63, 3.8) is 0 Å². The summed E-state index contributed by atoms with van der Waals surface area (Å²) in [6.45, 7) is 8.48. The molecule has 0 bridgehead atoms. The van der Waals surface area contributed by atoms with Gasteiger partial charge in [0, 0.05) is 5.38 Å². The van der Waals surface area contributed by atoms with Crippen molar-refractivity contribution in [1.29, 1.82) is 0 Å². The second kappa shape index (κ2) is 5.86. The lowest BCUT2D eigenvalue weighted by atomic mass is 9.88. The van der Waals surface area contributed by atoms with Gasteiger partial charge in [-0.15, -0.1) is 11.6 Å². The van der Waals surface area contributed by atoms with Crippen LogP contribution in [0.25, 0.3) is 0 Å². The van der Waals surface area contributed by atoms with Crippen LogP contribution >= 0.6 is 11.6 Å². The number of alkyl halides is 1. The first-order chi connectivity index (χ1) is 7.80. The molecule has 0 saturated heterocycles. The zero-order valence-electron chi connectivity index (χ0n) is 11.2. The Hall–Kier alpha value is -0.560. The summed E-state index contributed by atoms with van der Waals surface area (Å²) in [5.74, 6) is -0.149. The molecule has 0 heterocycles. The molecular weight excluding hydrogens is 235 g/mol. The maximum absolute atomic E-state index is 13.1. The molecule has 1 unspecified atom stereocenters. The lowest BCUT2D eigenvalue weighted by Gasteiger charge is -2.25. The Morgan fingerprint density at radius 2 is 1.94 bits per heavy atom. The van der Waals surface area contributed by atoms with E-state index in [1.54, 1.807) is 6.07 Å². The first-order valence-electron chi connectivity index (χ1n) is 6.20. The van der Waals surface area contributed by atoms with Gasteiger partial charge in [0.1, 0.15) is 5.82 Å². The number of benzene rings is 1. The van der Waals surface area contributed by atoms with Gasteiger partial charge in [0.2, 0.25) is 0 Å². The van der Waals surface area contributed by atoms with Gasteiger partial charge in [0.05, 0.1) is 0 Å². The molecule has 0 radical (unpaired) electrons. The summed E-state index contributed by atoms with van der Waals surface area (Å²) in [5, 5.41) is 0.177. The Morgan fingerprint density at radius 3 is 2.53 bits per heavy atom. The molecule has 0 aliphatic heterocycles. The number of hydrogen-bond donors (Lipinski definition) is 0. The van der Waals surface area contributed by atoms with E-state index >= 15 is 0 Å². The van der Waals surface area contributed by atoms with E-state index in [0.29, 0.717) is 0 Å². The summed E-state index contributed by atoms with van der Waals surface area (Å²) >= 11 is 6.32. The third-order valence-corrected chi connectivity index (χ3v) is 4.03. The van der Waals surface area contributed by atoms with Gasteiger partial charge in [-0.1, -0.05) is 26.8 Å². The van der Waals surface area contributed by atoms with Crippen molar-refractivity contribution < 1.29 is 4.39 Å². The predicted molar refractivity (Wildman–Crippen MR) is 73.2 cm³/mol. The molecule has 1 aromatic rings. The van der Waals surface area contributed by atoms with Crippen molar-refractivity contribution >= 4 is 11.6 Å². The van der Waals surface area contributed by atoms with Gasteiger partial charge in [-0.2, -0.15) is 0 Å². The van der Waals surface area contributed by atoms with Crippen LogP contribution in [0, 0.1) is 18.2 Å². The van der Waals surface area contributed by atoms with Gasteiger partial charge in [-0.25, -0.2) is 4.39 Å². The van der Waals surface area contributed by atoms with Crippen molar-refractivity contribution in [2.24, 2.45) is 5.41 Å². The van der Waals surface area contributed by atoms with Crippen LogP contribution in [-0.2, 0) is 6.42 Å². The van der Waals surface area contributed by atoms with Crippen LogP contribution in [-0.4, -0.2) is 5.38 Å². The zero-order valence-corrected chi connectivity index (χ0v) is 11.9. The molecule has 0 spiro atoms. The fourth-order valence-electron chi connectivity index (χ4n) is 1.81. The van der Waals surface area contributed by atoms with Crippen molar-refractivity contribution in [1.82, 2.24) is 0 Å². The minimum atomic E-state index is -0.149. The minimum Gasteiger partial charge on any atom is -0.207 e. The Morgan fingerprint density at radius 1 is 1.29 bits per heavy atom. The van der Waals surface area contributed by atoms with E-state index in [-0.39, 0.29) is 16.6 Å². The van der Waals surface area contributed by atoms with Crippen LogP contribution in [0.1, 0.15) is 44.7 Å². The average Bonchev–Trinajstić information content (AvgIpc) is 2.21. The molecule has 0 saturated carbocycles. The van der Waals surface area contributed by atoms with E-state index in [1.165, 1.54) is 6.07 Å². The topological polar surface area (TPSA) is 0 Å². The highest BCUT2D eigenvalue weighted by molar-refractivity contribution is 6.21. The number of halogens is 2. The van der Waals surface area contributed by atoms with Crippen LogP contribution < -0.4 is 0 Å². The fourth-order valence-corrected chi connectivity index (χ4v) is 1.97. The van der Waals surface area contributed by atoms with Crippen LogP contribution in [0.2, 0.25) is 0 Å². The highest BCUT2D eigenvalue weighted by Crippen LogP contribution is 2.28. The molecular formula is C15H22ClF. The molecule has 17 heavy (non-hydrogen) atoms. The first kappa shape index (κ1) is 14.5. The molecule has 1 rings (SSSR count). The van der Waals surface area contributed by atoms with E-state index in [2.05, 4.69) is 20.8 Å². The van der Waals surface area contributed by atoms with Gasteiger partial charge < -0.3 is 0 Å². The van der Waals surface area contributed by atoms with Crippen LogP contribution in [0.3, 0.4) is 0 Å². The van der Waals surface area contributed by atoms with Crippen LogP contribution in [0.4, 0.5) is 4.39 Å². The van der Waals surface area contributed by atoms with Gasteiger partial charge in [0.15, 0.2) is 0 Å². The Kier molecular flexibility index (Phi) is 5.00. The van der Waals surface area contributed by atoms with E-state index in [1.807, 2.05) is 13.0 Å². The maximum Gasteiger partial charge on any atom is 0.123 e. The third-order valence-electron chi connectivity index (χ3n) is 3.15. The predicted octanol–water partition coefficient (Wildman–Crippen LogP) is 5.11. The van der Waals surface area contributed by atoms with Crippen LogP contribution in [0.5, 0.6) is 0 Å². The number of hydrogen-bond acceptors (Lipinski definition) is 0. The highest BCUT2D eigenvalue weighted by atomic mass is 35.5. The average molecular weight is 257 g/mol. The Labute approximate surface area is 109 Å². The maximum atomic E-state index is 13.1. The van der Waals surface area contributed by atoms with E-state index in [9.17, 15) is 4.39 Å². The number of rotatable bonds is 4. The molecule has 1 aromatic carbocycles. The van der Waals surface area contributed by atoms with E-state index in [4.69, 9.17) is 11.6 Å². The first-order valence-corrected chi connectivity index (χ1v) is 6.63. The van der Waals surface area contributed by atoms with E-state index in [0.717, 1.165) is 30.4 Å². The monoisotopic (exact) mass is 256 g/mol. The smallest absolute Gasteiger partial charge is 0.123 e. The molecule has 0 fully saturated rings. The molecule has 2 heteroatoms. The number of aryl methyl sites for hydroxylation is 2. The second-order valence-corrected chi connectivity index (χ2v) is 6.32. The van der Waals surface area contributed by atoms with Crippen LogP contribution in [0.15, 0.2) is 18.2 Å². The zero-order chi connectivity index (χ0) is 13.1. The standard InChI is InChI=1S/C15H22ClF/c1-11-8-9-13(17)10-12(11)6-5-7-14(16)15(2,3)4/h8-10,14H,5-7H2,1-4H3. The van der Waals surface area contributed by atoms with Gasteiger partial charge >= 0.3 is 0 Å². The lowest BCUT2D eigenvalue weighted by Crippen LogP contribution is -2.20. The summed E-state index contributed by atoms with van der Waals surface area (Å²) in [6, 6.07) is 4.99. The SMILES string of the molecule is Cc1ccc(F)cc1CCCC(Cl)C(C)(C)C. The van der Waals surface area contributed by atoms with Gasteiger partial charge in [0.25, 0.3) is 0 Å². The third kappa shape index (κ3) is 4.67. The lowest BCUT2D eigenvalue weighted by molar-refractivity contribution is 0.369. The summed E-state index contributed by atoms with van der Waals surface area (Å²) < 4.78 is 13.1. The van der Waals surface area contributed by atoms with Crippen molar-refractivity contribution in [3.8, 4) is 0 Å². The van der Waals surface area contributed by atoms with Crippen molar-refractivity contribution in [3.05, 3.63) is 35.1 Å². The van der Waals surface area contributed by atoms with E-state index < -0.39 is 0 Å². The van der Waals surface area contributed by atoms with Crippen molar-refractivity contribution in [2.45, 2.75) is 52.3 Å². The van der Waals surface area contributed by atoms with Gasteiger partial charge in [-0.3, -0.25) is 0 Å². The molecule has 0 amide bonds. The van der Waals surface area contributed by atoms with Crippen molar-refractivity contribution in [2.75, 3.05) is 0 Å². The quantitative estimate of drug-likeness (QED) is 0.657.